The predicted octanol–water partition coefficient (Wildman–Crippen LogP) is 3.61. The molecule has 0 aromatic heterocycles. The number of esters is 1. The molecule has 0 fully saturated rings. The van der Waals surface area contributed by atoms with Crippen molar-refractivity contribution in [2.45, 2.75) is 40.0 Å². The fourth-order valence-corrected chi connectivity index (χ4v) is 1.83. The maximum atomic E-state index is 11.1. The molecule has 0 bridgehead atoms. The largest absolute Gasteiger partial charge is 0.494 e. The normalized spacial score (nSPS) is 10.5. The molecule has 0 N–H and O–H groups in total. The van der Waals surface area contributed by atoms with Crippen LogP contribution in [0.2, 0.25) is 0 Å². The summed E-state index contributed by atoms with van der Waals surface area (Å²) < 4.78 is 10.4. The molecule has 0 heterocycles. The van der Waals surface area contributed by atoms with Crippen LogP contribution in [0.25, 0.3) is 0 Å². The molecule has 0 radical (unpaired) electrons. The van der Waals surface area contributed by atoms with Crippen LogP contribution < -0.4 is 4.74 Å². The molecular weight excluding hydrogens is 240 g/mol. The van der Waals surface area contributed by atoms with Gasteiger partial charge in [0.15, 0.2) is 0 Å². The van der Waals surface area contributed by atoms with Gasteiger partial charge < -0.3 is 9.47 Å². The Balaban J connectivity index is 2.24. The summed E-state index contributed by atoms with van der Waals surface area (Å²) >= 11 is 0. The molecule has 0 amide bonds. The third-order valence-electron chi connectivity index (χ3n) is 2.67. The van der Waals surface area contributed by atoms with Crippen molar-refractivity contribution in [3.63, 3.8) is 0 Å². The number of hydrogen-bond acceptors (Lipinski definition) is 3. The second-order valence-electron chi connectivity index (χ2n) is 5.00. The Bertz CT molecular complexity index is 368. The van der Waals surface area contributed by atoms with Gasteiger partial charge in [0, 0.05) is 6.42 Å². The SMILES string of the molecule is CCOC(=O)CCCOc1ccc(CC(C)C)cc1. The maximum absolute atomic E-state index is 11.1. The van der Waals surface area contributed by atoms with Crippen LogP contribution in [0.15, 0.2) is 24.3 Å². The van der Waals surface area contributed by atoms with Crippen molar-refractivity contribution in [1.29, 1.82) is 0 Å². The molecule has 3 nitrogen and oxygen atoms in total. The third-order valence-corrected chi connectivity index (χ3v) is 2.67. The highest BCUT2D eigenvalue weighted by molar-refractivity contribution is 5.69. The van der Waals surface area contributed by atoms with Gasteiger partial charge in [-0.15, -0.1) is 0 Å². The molecule has 19 heavy (non-hydrogen) atoms. The van der Waals surface area contributed by atoms with Crippen molar-refractivity contribution in [2.24, 2.45) is 5.92 Å². The lowest BCUT2D eigenvalue weighted by atomic mass is 10.0. The lowest BCUT2D eigenvalue weighted by Gasteiger charge is -2.08. The molecule has 0 unspecified atom stereocenters. The summed E-state index contributed by atoms with van der Waals surface area (Å²) in [5.74, 6) is 1.37. The molecule has 0 aliphatic rings. The number of carbonyl (C=O) groups excluding carboxylic acids is 1. The van der Waals surface area contributed by atoms with Crippen molar-refractivity contribution >= 4 is 5.97 Å². The van der Waals surface area contributed by atoms with Gasteiger partial charge in [-0.05, 0) is 43.4 Å². The summed E-state index contributed by atoms with van der Waals surface area (Å²) in [6.45, 7) is 7.21. The van der Waals surface area contributed by atoms with E-state index < -0.39 is 0 Å². The molecule has 0 saturated carbocycles. The van der Waals surface area contributed by atoms with Gasteiger partial charge in [-0.3, -0.25) is 4.79 Å². The van der Waals surface area contributed by atoms with Crippen LogP contribution in [0.3, 0.4) is 0 Å². The van der Waals surface area contributed by atoms with Crippen LogP contribution in [0.1, 0.15) is 39.2 Å². The van der Waals surface area contributed by atoms with Gasteiger partial charge in [-0.2, -0.15) is 0 Å². The summed E-state index contributed by atoms with van der Waals surface area (Å²) in [6, 6.07) is 8.17. The van der Waals surface area contributed by atoms with Crippen LogP contribution >= 0.6 is 0 Å². The van der Waals surface area contributed by atoms with Gasteiger partial charge in [0.1, 0.15) is 5.75 Å². The average Bonchev–Trinajstić information content (AvgIpc) is 2.36. The van der Waals surface area contributed by atoms with E-state index in [4.69, 9.17) is 9.47 Å². The van der Waals surface area contributed by atoms with E-state index in [1.807, 2.05) is 19.1 Å². The Morgan fingerprint density at radius 3 is 2.47 bits per heavy atom. The number of carbonyl (C=O) groups is 1. The van der Waals surface area contributed by atoms with E-state index in [-0.39, 0.29) is 5.97 Å². The third kappa shape index (κ3) is 6.85. The first kappa shape index (κ1) is 15.5. The Morgan fingerprint density at radius 1 is 1.21 bits per heavy atom. The first-order valence-corrected chi connectivity index (χ1v) is 6.99. The molecular formula is C16H24O3. The Morgan fingerprint density at radius 2 is 1.89 bits per heavy atom. The summed E-state index contributed by atoms with van der Waals surface area (Å²) in [6.07, 6.45) is 2.19. The summed E-state index contributed by atoms with van der Waals surface area (Å²) in [4.78, 5) is 11.1. The lowest BCUT2D eigenvalue weighted by molar-refractivity contribution is -0.143. The van der Waals surface area contributed by atoms with Gasteiger partial charge in [-0.1, -0.05) is 26.0 Å². The van der Waals surface area contributed by atoms with Crippen LogP contribution in [0.4, 0.5) is 0 Å². The molecule has 3 heteroatoms. The van der Waals surface area contributed by atoms with E-state index in [0.717, 1.165) is 12.2 Å². The maximum Gasteiger partial charge on any atom is 0.305 e. The first-order valence-electron chi connectivity index (χ1n) is 6.99. The van der Waals surface area contributed by atoms with Crippen molar-refractivity contribution in [3.8, 4) is 5.75 Å². The minimum Gasteiger partial charge on any atom is -0.494 e. The Kier molecular flexibility index (Phi) is 7.01. The zero-order valence-electron chi connectivity index (χ0n) is 12.1. The molecule has 0 aliphatic carbocycles. The number of hydrogen-bond donors (Lipinski definition) is 0. The molecule has 0 aliphatic heterocycles. The smallest absolute Gasteiger partial charge is 0.305 e. The summed E-state index contributed by atoms with van der Waals surface area (Å²) in [5.41, 5.74) is 1.33. The molecule has 1 rings (SSSR count). The van der Waals surface area contributed by atoms with Crippen LogP contribution in [-0.4, -0.2) is 19.2 Å². The second-order valence-corrected chi connectivity index (χ2v) is 5.00. The van der Waals surface area contributed by atoms with Gasteiger partial charge >= 0.3 is 5.97 Å². The standard InChI is InChI=1S/C16H24O3/c1-4-18-16(17)6-5-11-19-15-9-7-14(8-10-15)12-13(2)3/h7-10,13H,4-6,11-12H2,1-3H3. The van der Waals surface area contributed by atoms with E-state index in [1.165, 1.54) is 5.56 Å². The van der Waals surface area contributed by atoms with Crippen LogP contribution in [-0.2, 0) is 16.0 Å². The number of rotatable bonds is 8. The molecule has 0 saturated heterocycles. The van der Waals surface area contributed by atoms with E-state index in [9.17, 15) is 4.79 Å². The quantitative estimate of drug-likeness (QED) is 0.531. The molecule has 0 spiro atoms. The molecule has 1 aromatic carbocycles. The second kappa shape index (κ2) is 8.57. The summed E-state index contributed by atoms with van der Waals surface area (Å²) in [7, 11) is 0. The number of ether oxygens (including phenoxy) is 2. The van der Waals surface area contributed by atoms with E-state index in [0.29, 0.717) is 32.0 Å². The van der Waals surface area contributed by atoms with Crippen molar-refractivity contribution in [1.82, 2.24) is 0 Å². The van der Waals surface area contributed by atoms with Crippen LogP contribution in [0.5, 0.6) is 5.75 Å². The minimum absolute atomic E-state index is 0.154. The predicted molar refractivity (Wildman–Crippen MR) is 76.3 cm³/mol. The highest BCUT2D eigenvalue weighted by atomic mass is 16.5. The highest BCUT2D eigenvalue weighted by Gasteiger charge is 2.02. The van der Waals surface area contributed by atoms with Gasteiger partial charge in [0.25, 0.3) is 0 Å². The van der Waals surface area contributed by atoms with Gasteiger partial charge in [-0.25, -0.2) is 0 Å². The zero-order valence-corrected chi connectivity index (χ0v) is 12.1. The monoisotopic (exact) mass is 264 g/mol. The van der Waals surface area contributed by atoms with Gasteiger partial charge in [0.05, 0.1) is 13.2 Å². The number of benzene rings is 1. The topological polar surface area (TPSA) is 35.5 Å². The lowest BCUT2D eigenvalue weighted by Crippen LogP contribution is -2.06. The van der Waals surface area contributed by atoms with Crippen molar-refractivity contribution in [3.05, 3.63) is 29.8 Å². The molecule has 1 aromatic rings. The highest BCUT2D eigenvalue weighted by Crippen LogP contribution is 2.15. The molecule has 0 atom stereocenters. The van der Waals surface area contributed by atoms with Crippen LogP contribution in [0, 0.1) is 5.92 Å². The average molecular weight is 264 g/mol. The van der Waals surface area contributed by atoms with E-state index in [2.05, 4.69) is 26.0 Å². The van der Waals surface area contributed by atoms with E-state index >= 15 is 0 Å². The first-order chi connectivity index (χ1) is 9.11. The molecule has 106 valence electrons. The minimum atomic E-state index is -0.154. The van der Waals surface area contributed by atoms with E-state index in [1.54, 1.807) is 0 Å². The fraction of sp³-hybridized carbons (Fsp3) is 0.562. The van der Waals surface area contributed by atoms with Crippen molar-refractivity contribution < 1.29 is 14.3 Å². The zero-order chi connectivity index (χ0) is 14.1. The fourth-order valence-electron chi connectivity index (χ4n) is 1.83. The van der Waals surface area contributed by atoms with Crippen molar-refractivity contribution in [2.75, 3.05) is 13.2 Å². The Hall–Kier alpha value is -1.51. The van der Waals surface area contributed by atoms with Gasteiger partial charge in [0.2, 0.25) is 0 Å². The Labute approximate surface area is 115 Å². The summed E-state index contributed by atoms with van der Waals surface area (Å²) in [5, 5.41) is 0.